The molecule has 1 saturated heterocycles. The Kier molecular flexibility index (Phi) is 3.89. The molecule has 0 aromatic carbocycles. The molecule has 3 heterocycles. The number of imidazole rings is 1. The van der Waals surface area contributed by atoms with Crippen LogP contribution in [-0.4, -0.2) is 39.6 Å². The number of rotatable bonds is 3. The lowest BCUT2D eigenvalue weighted by Gasteiger charge is -2.28. The lowest BCUT2D eigenvalue weighted by atomic mass is 9.94. The third-order valence-corrected chi connectivity index (χ3v) is 4.79. The number of pyridine rings is 1. The van der Waals surface area contributed by atoms with Gasteiger partial charge in [-0.05, 0) is 76.1 Å². The van der Waals surface area contributed by atoms with E-state index in [1.54, 1.807) is 0 Å². The minimum atomic E-state index is 0.801. The van der Waals surface area contributed by atoms with Crippen LogP contribution in [0, 0.1) is 17.6 Å². The van der Waals surface area contributed by atoms with Crippen molar-refractivity contribution in [3.05, 3.63) is 22.6 Å². The van der Waals surface area contributed by atoms with Crippen molar-refractivity contribution in [2.45, 2.75) is 32.7 Å². The summed E-state index contributed by atoms with van der Waals surface area (Å²) in [6.07, 6.45) is 5.67. The maximum atomic E-state index is 5.46. The van der Waals surface area contributed by atoms with Crippen LogP contribution in [0.1, 0.15) is 24.8 Å². The van der Waals surface area contributed by atoms with Crippen LogP contribution in [0.2, 0.25) is 0 Å². The van der Waals surface area contributed by atoms with Crippen molar-refractivity contribution >= 4 is 23.4 Å². The summed E-state index contributed by atoms with van der Waals surface area (Å²) in [6, 6.07) is 2.02. The van der Waals surface area contributed by atoms with Gasteiger partial charge < -0.3 is 14.5 Å². The van der Waals surface area contributed by atoms with Crippen molar-refractivity contribution in [3.63, 3.8) is 0 Å². The van der Waals surface area contributed by atoms with Gasteiger partial charge in [-0.3, -0.25) is 0 Å². The van der Waals surface area contributed by atoms with E-state index in [9.17, 15) is 0 Å². The van der Waals surface area contributed by atoms with E-state index >= 15 is 0 Å². The highest BCUT2D eigenvalue weighted by molar-refractivity contribution is 7.71. The Bertz CT molecular complexity index is 649. The van der Waals surface area contributed by atoms with Crippen LogP contribution in [0.4, 0.5) is 0 Å². The summed E-state index contributed by atoms with van der Waals surface area (Å²) in [5, 5.41) is 0. The highest BCUT2D eigenvalue weighted by Crippen LogP contribution is 2.22. The molecular formula is C15H22N4S. The molecule has 0 spiro atoms. The zero-order valence-electron chi connectivity index (χ0n) is 12.2. The smallest absolute Gasteiger partial charge is 0.179 e. The summed E-state index contributed by atoms with van der Waals surface area (Å²) in [5.41, 5.74) is 3.29. The van der Waals surface area contributed by atoms with Crippen LogP contribution < -0.4 is 0 Å². The molecule has 1 fully saturated rings. The maximum Gasteiger partial charge on any atom is 0.179 e. The van der Waals surface area contributed by atoms with Crippen LogP contribution in [0.25, 0.3) is 11.2 Å². The first-order valence-electron chi connectivity index (χ1n) is 7.38. The van der Waals surface area contributed by atoms with Crippen molar-refractivity contribution in [2.75, 3.05) is 20.1 Å². The van der Waals surface area contributed by atoms with Gasteiger partial charge in [0.1, 0.15) is 0 Å². The first-order chi connectivity index (χ1) is 9.65. The van der Waals surface area contributed by atoms with Gasteiger partial charge in [0.25, 0.3) is 0 Å². The van der Waals surface area contributed by atoms with Crippen LogP contribution in [0.5, 0.6) is 0 Å². The van der Waals surface area contributed by atoms with E-state index in [1.807, 2.05) is 12.3 Å². The summed E-state index contributed by atoms with van der Waals surface area (Å²) in [5.74, 6) is 0.822. The second-order valence-corrected chi connectivity index (χ2v) is 6.33. The first-order valence-corrected chi connectivity index (χ1v) is 7.78. The number of hydrogen-bond acceptors (Lipinski definition) is 3. The van der Waals surface area contributed by atoms with E-state index < -0.39 is 0 Å². The highest BCUT2D eigenvalue weighted by Gasteiger charge is 2.17. The summed E-state index contributed by atoms with van der Waals surface area (Å²) >= 11 is 5.46. The molecule has 108 valence electrons. The van der Waals surface area contributed by atoms with Gasteiger partial charge in [-0.1, -0.05) is 0 Å². The quantitative estimate of drug-likeness (QED) is 0.882. The summed E-state index contributed by atoms with van der Waals surface area (Å²) in [4.78, 5) is 10.2. The van der Waals surface area contributed by atoms with Crippen LogP contribution in [0.3, 0.4) is 0 Å². The number of nitrogens with one attached hydrogen (secondary N) is 1. The van der Waals surface area contributed by atoms with Crippen molar-refractivity contribution in [3.8, 4) is 0 Å². The molecule has 0 atom stereocenters. The van der Waals surface area contributed by atoms with Crippen molar-refractivity contribution in [2.24, 2.45) is 5.92 Å². The number of piperidine rings is 1. The molecule has 4 nitrogen and oxygen atoms in total. The lowest BCUT2D eigenvalue weighted by Crippen LogP contribution is -2.30. The van der Waals surface area contributed by atoms with Crippen LogP contribution in [-0.2, 0) is 6.54 Å². The summed E-state index contributed by atoms with van der Waals surface area (Å²) in [7, 11) is 2.21. The van der Waals surface area contributed by atoms with E-state index in [2.05, 4.69) is 33.4 Å². The van der Waals surface area contributed by atoms with Gasteiger partial charge in [0.05, 0.1) is 5.52 Å². The van der Waals surface area contributed by atoms with Gasteiger partial charge in [-0.25, -0.2) is 4.98 Å². The maximum absolute atomic E-state index is 5.46. The van der Waals surface area contributed by atoms with Gasteiger partial charge >= 0.3 is 0 Å². The van der Waals surface area contributed by atoms with Crippen molar-refractivity contribution in [1.29, 1.82) is 0 Å². The number of H-pyrrole nitrogens is 1. The Balaban J connectivity index is 1.76. The van der Waals surface area contributed by atoms with Gasteiger partial charge in [-0.2, -0.15) is 0 Å². The van der Waals surface area contributed by atoms with Crippen LogP contribution >= 0.6 is 12.2 Å². The van der Waals surface area contributed by atoms with E-state index in [0.29, 0.717) is 0 Å². The molecule has 1 aliphatic rings. The molecule has 0 unspecified atom stereocenters. The third-order valence-electron chi connectivity index (χ3n) is 4.47. The Morgan fingerprint density at radius 1 is 1.40 bits per heavy atom. The highest BCUT2D eigenvalue weighted by atomic mass is 32.1. The predicted molar refractivity (Wildman–Crippen MR) is 84.5 cm³/mol. The number of hydrogen-bond donors (Lipinski definition) is 1. The average Bonchev–Trinajstić information content (AvgIpc) is 2.76. The molecule has 1 N–H and O–H groups in total. The van der Waals surface area contributed by atoms with Crippen molar-refractivity contribution < 1.29 is 0 Å². The monoisotopic (exact) mass is 290 g/mol. The third kappa shape index (κ3) is 2.65. The fourth-order valence-electron chi connectivity index (χ4n) is 3.04. The molecule has 2 aromatic rings. The zero-order valence-corrected chi connectivity index (χ0v) is 13.0. The Morgan fingerprint density at radius 2 is 2.15 bits per heavy atom. The normalized spacial score (nSPS) is 17.9. The molecule has 3 rings (SSSR count). The SMILES string of the molecule is Cc1ccnc2c1[nH]c(=S)n2CCC1CCN(C)CC1. The van der Waals surface area contributed by atoms with Gasteiger partial charge in [0.15, 0.2) is 10.4 Å². The second-order valence-electron chi connectivity index (χ2n) is 5.94. The minimum absolute atomic E-state index is 0.801. The van der Waals surface area contributed by atoms with Gasteiger partial charge in [-0.15, -0.1) is 0 Å². The number of aryl methyl sites for hydroxylation is 2. The Labute approximate surface area is 124 Å². The molecule has 0 bridgehead atoms. The summed E-state index contributed by atoms with van der Waals surface area (Å²) in [6.45, 7) is 5.52. The van der Waals surface area contributed by atoms with Crippen molar-refractivity contribution in [1.82, 2.24) is 19.4 Å². The lowest BCUT2D eigenvalue weighted by molar-refractivity contribution is 0.208. The second kappa shape index (κ2) is 5.66. The Morgan fingerprint density at radius 3 is 2.90 bits per heavy atom. The molecule has 20 heavy (non-hydrogen) atoms. The predicted octanol–water partition coefficient (Wildman–Crippen LogP) is 3.13. The molecule has 0 saturated carbocycles. The molecule has 1 aliphatic heterocycles. The largest absolute Gasteiger partial charge is 0.329 e. The molecule has 0 aliphatic carbocycles. The van der Waals surface area contributed by atoms with E-state index in [0.717, 1.165) is 28.4 Å². The topological polar surface area (TPSA) is 36.9 Å². The number of aromatic amines is 1. The minimum Gasteiger partial charge on any atom is -0.329 e. The van der Waals surface area contributed by atoms with Gasteiger partial charge in [0.2, 0.25) is 0 Å². The fraction of sp³-hybridized carbons (Fsp3) is 0.600. The first kappa shape index (κ1) is 13.8. The standard InChI is InChI=1S/C15H22N4S/c1-11-3-7-16-14-13(11)17-15(20)19(14)10-6-12-4-8-18(2)9-5-12/h3,7,12H,4-6,8-10H2,1-2H3,(H,17,20). The van der Waals surface area contributed by atoms with E-state index in [4.69, 9.17) is 12.2 Å². The molecule has 0 radical (unpaired) electrons. The molecule has 5 heteroatoms. The van der Waals surface area contributed by atoms with Gasteiger partial charge in [0, 0.05) is 12.7 Å². The number of nitrogens with zero attached hydrogens (tertiary/aromatic N) is 3. The summed E-state index contributed by atoms with van der Waals surface area (Å²) < 4.78 is 2.96. The number of fused-ring (bicyclic) bond motifs is 1. The van der Waals surface area contributed by atoms with Crippen LogP contribution in [0.15, 0.2) is 12.3 Å². The fourth-order valence-corrected chi connectivity index (χ4v) is 3.32. The van der Waals surface area contributed by atoms with E-state index in [-0.39, 0.29) is 0 Å². The Hall–Kier alpha value is -1.20. The molecule has 0 amide bonds. The van der Waals surface area contributed by atoms with E-state index in [1.165, 1.54) is 37.9 Å². The zero-order chi connectivity index (χ0) is 14.1. The molecular weight excluding hydrogens is 268 g/mol. The number of likely N-dealkylation sites (tertiary alicyclic amines) is 1. The molecule has 2 aromatic heterocycles. The number of aromatic nitrogens is 3. The average molecular weight is 290 g/mol.